The van der Waals surface area contributed by atoms with Gasteiger partial charge in [0.1, 0.15) is 11.5 Å². The Morgan fingerprint density at radius 3 is 1.44 bits per heavy atom. The Morgan fingerprint density at radius 1 is 0.706 bits per heavy atom. The van der Waals surface area contributed by atoms with Crippen molar-refractivity contribution in [2.45, 2.75) is 97.8 Å². The first-order valence-corrected chi connectivity index (χ1v) is 13.9. The molecular formula is C28H43O4PS. The molecule has 0 aliphatic rings. The summed E-state index contributed by atoms with van der Waals surface area (Å²) >= 11 is 4.49. The molecule has 2 aromatic carbocycles. The smallest absolute Gasteiger partial charge is 0.395 e. The second-order valence-corrected chi connectivity index (χ2v) is 14.5. The normalized spacial score (nSPS) is 15.1. The van der Waals surface area contributed by atoms with Crippen LogP contribution in [-0.2, 0) is 26.2 Å². The molecule has 0 bridgehead atoms. The molecule has 1 unspecified atom stereocenters. The number of thiol groups is 1. The number of hydrogen-bond acceptors (Lipinski definition) is 4. The van der Waals surface area contributed by atoms with Crippen LogP contribution in [0, 0.1) is 0 Å². The largest absolute Gasteiger partial charge is 0.584 e. The predicted octanol–water partition coefficient (Wildman–Crippen LogP) is 8.34. The molecule has 0 aliphatic heterocycles. The average Bonchev–Trinajstić information content (AvgIpc) is 2.65. The molecule has 4 nitrogen and oxygen atoms in total. The second kappa shape index (κ2) is 9.56. The third-order valence-corrected chi connectivity index (χ3v) is 7.69. The Bertz CT molecular complexity index is 1070. The summed E-state index contributed by atoms with van der Waals surface area (Å²) in [6.45, 7) is 23.0. The van der Waals surface area contributed by atoms with Crippen molar-refractivity contribution in [2.75, 3.05) is 5.75 Å². The Kier molecular flexibility index (Phi) is 8.10. The summed E-state index contributed by atoms with van der Waals surface area (Å²) in [5.74, 6) is 1.38. The highest BCUT2D eigenvalue weighted by Crippen LogP contribution is 2.50. The zero-order chi connectivity index (χ0) is 26.3. The van der Waals surface area contributed by atoms with Crippen LogP contribution in [0.2, 0.25) is 0 Å². The topological polar surface area (TPSA) is 55.8 Å². The van der Waals surface area contributed by atoms with Gasteiger partial charge in [-0.1, -0.05) is 100 Å². The number of phosphoric ester groups is 1. The van der Waals surface area contributed by atoms with E-state index < -0.39 is 7.82 Å². The van der Waals surface area contributed by atoms with Gasteiger partial charge in [-0.25, -0.2) is 4.57 Å². The van der Waals surface area contributed by atoms with Crippen LogP contribution in [0.5, 0.6) is 11.5 Å². The van der Waals surface area contributed by atoms with Crippen LogP contribution < -0.4 is 9.05 Å². The maximum Gasteiger partial charge on any atom is 0.584 e. The summed E-state index contributed by atoms with van der Waals surface area (Å²) < 4.78 is 24.6. The van der Waals surface area contributed by atoms with E-state index in [0.29, 0.717) is 17.3 Å². The summed E-state index contributed by atoms with van der Waals surface area (Å²) in [5, 5.41) is 0. The first kappa shape index (κ1) is 28.8. The van der Waals surface area contributed by atoms with Gasteiger partial charge < -0.3 is 9.05 Å². The van der Waals surface area contributed by atoms with Gasteiger partial charge >= 0.3 is 7.82 Å². The summed E-state index contributed by atoms with van der Waals surface area (Å²) in [6, 6.07) is 11.5. The van der Waals surface area contributed by atoms with Crippen molar-refractivity contribution in [3.8, 4) is 11.5 Å². The van der Waals surface area contributed by atoms with Gasteiger partial charge in [-0.05, 0) is 50.7 Å². The van der Waals surface area contributed by atoms with Crippen LogP contribution in [0.25, 0.3) is 0 Å². The third kappa shape index (κ3) is 7.06. The Labute approximate surface area is 212 Å². The Balaban J connectivity index is 2.49. The number of phosphoric acid groups is 1. The van der Waals surface area contributed by atoms with Gasteiger partial charge in [0.2, 0.25) is 0 Å². The van der Waals surface area contributed by atoms with Crippen LogP contribution in [0.1, 0.15) is 98.4 Å². The fourth-order valence-electron chi connectivity index (χ4n) is 3.64. The minimum Gasteiger partial charge on any atom is -0.395 e. The average molecular weight is 507 g/mol. The fraction of sp³-hybridized carbons (Fsp3) is 0.571. The van der Waals surface area contributed by atoms with Crippen molar-refractivity contribution in [3.05, 3.63) is 58.7 Å². The van der Waals surface area contributed by atoms with Crippen LogP contribution in [0.15, 0.2) is 36.4 Å². The lowest BCUT2D eigenvalue weighted by Gasteiger charge is -2.29. The van der Waals surface area contributed by atoms with E-state index in [0.717, 1.165) is 22.3 Å². The molecule has 0 radical (unpaired) electrons. The molecule has 1 atom stereocenters. The van der Waals surface area contributed by atoms with Crippen molar-refractivity contribution in [3.63, 3.8) is 0 Å². The van der Waals surface area contributed by atoms with Gasteiger partial charge in [0.05, 0.1) is 0 Å². The zero-order valence-corrected chi connectivity index (χ0v) is 24.5. The third-order valence-electron chi connectivity index (χ3n) is 6.05. The minimum absolute atomic E-state index is 0.0535. The SMILES string of the molecule is CC(C)(C)c1ccc(OP(=O)(O)Oc2ccc(C(C)(C)CS)cc2C(C)(C)C)c(C(C)(C)C)c1. The van der Waals surface area contributed by atoms with Crippen molar-refractivity contribution >= 4 is 20.5 Å². The Hall–Kier alpha value is -1.42. The van der Waals surface area contributed by atoms with E-state index in [1.807, 2.05) is 18.2 Å². The van der Waals surface area contributed by atoms with Crippen molar-refractivity contribution in [2.24, 2.45) is 0 Å². The predicted molar refractivity (Wildman–Crippen MR) is 147 cm³/mol. The molecule has 190 valence electrons. The molecule has 0 spiro atoms. The van der Waals surface area contributed by atoms with E-state index in [9.17, 15) is 9.46 Å². The van der Waals surface area contributed by atoms with E-state index in [1.54, 1.807) is 12.1 Å². The highest BCUT2D eigenvalue weighted by atomic mass is 32.1. The number of hydrogen-bond donors (Lipinski definition) is 2. The van der Waals surface area contributed by atoms with Crippen LogP contribution in [0.3, 0.4) is 0 Å². The van der Waals surface area contributed by atoms with Crippen LogP contribution in [0.4, 0.5) is 0 Å². The monoisotopic (exact) mass is 506 g/mol. The quantitative estimate of drug-likeness (QED) is 0.305. The maximum absolute atomic E-state index is 13.2. The summed E-state index contributed by atoms with van der Waals surface area (Å²) in [4.78, 5) is 10.8. The first-order chi connectivity index (χ1) is 15.2. The van der Waals surface area contributed by atoms with Crippen LogP contribution >= 0.6 is 20.5 Å². The zero-order valence-electron chi connectivity index (χ0n) is 22.7. The van der Waals surface area contributed by atoms with Gasteiger partial charge in [-0.15, -0.1) is 0 Å². The fourth-order valence-corrected chi connectivity index (χ4v) is 4.67. The molecule has 1 N–H and O–H groups in total. The standard InChI is InChI=1S/C28H43O4PS/c1-25(2,3)19-12-14-23(21(16-19)26(4,5)6)31-33(29,30)32-24-15-13-20(28(10,11)18-34)17-22(24)27(7,8)9/h12-17,34H,18H2,1-11H3,(H,29,30). The van der Waals surface area contributed by atoms with Crippen LogP contribution in [-0.4, -0.2) is 10.6 Å². The van der Waals surface area contributed by atoms with Crippen molar-refractivity contribution in [1.29, 1.82) is 0 Å². The summed E-state index contributed by atoms with van der Waals surface area (Å²) in [5.41, 5.74) is 3.16. The highest BCUT2D eigenvalue weighted by Gasteiger charge is 2.33. The van der Waals surface area contributed by atoms with E-state index in [-0.39, 0.29) is 21.7 Å². The molecule has 2 aromatic rings. The molecule has 0 saturated heterocycles. The molecule has 0 aromatic heterocycles. The lowest BCUT2D eigenvalue weighted by Crippen LogP contribution is -2.21. The first-order valence-electron chi connectivity index (χ1n) is 11.8. The Morgan fingerprint density at radius 2 is 1.09 bits per heavy atom. The molecule has 0 fully saturated rings. The van der Waals surface area contributed by atoms with E-state index in [2.05, 4.69) is 94.9 Å². The molecule has 0 saturated carbocycles. The maximum atomic E-state index is 13.2. The van der Waals surface area contributed by atoms with E-state index in [1.165, 1.54) is 0 Å². The molecule has 2 rings (SSSR count). The van der Waals surface area contributed by atoms with E-state index >= 15 is 0 Å². The number of benzene rings is 2. The van der Waals surface area contributed by atoms with Gasteiger partial charge in [0.15, 0.2) is 0 Å². The minimum atomic E-state index is -4.46. The molecule has 6 heteroatoms. The second-order valence-electron chi connectivity index (χ2n) is 12.9. The van der Waals surface area contributed by atoms with Crippen molar-refractivity contribution < 1.29 is 18.5 Å². The van der Waals surface area contributed by atoms with Gasteiger partial charge in [0, 0.05) is 11.1 Å². The van der Waals surface area contributed by atoms with E-state index in [4.69, 9.17) is 9.05 Å². The molecule has 0 amide bonds. The lowest BCUT2D eigenvalue weighted by molar-refractivity contribution is 0.286. The number of rotatable bonds is 6. The molecular weight excluding hydrogens is 463 g/mol. The summed E-state index contributed by atoms with van der Waals surface area (Å²) in [6.07, 6.45) is 0. The van der Waals surface area contributed by atoms with Gasteiger partial charge in [-0.2, -0.15) is 12.6 Å². The molecule has 0 aliphatic carbocycles. The van der Waals surface area contributed by atoms with Gasteiger partial charge in [0.25, 0.3) is 0 Å². The molecule has 0 heterocycles. The lowest BCUT2D eigenvalue weighted by atomic mass is 9.80. The molecule has 34 heavy (non-hydrogen) atoms. The highest BCUT2D eigenvalue weighted by molar-refractivity contribution is 7.80. The van der Waals surface area contributed by atoms with Crippen molar-refractivity contribution in [1.82, 2.24) is 0 Å². The summed E-state index contributed by atoms with van der Waals surface area (Å²) in [7, 11) is -4.46. The van der Waals surface area contributed by atoms with Gasteiger partial charge in [-0.3, -0.25) is 4.89 Å².